The number of carbonyl (C=O) groups excluding carboxylic acids is 1. The molecule has 0 aromatic carbocycles. The van der Waals surface area contributed by atoms with Crippen molar-refractivity contribution < 1.29 is 18.0 Å². The first-order valence-corrected chi connectivity index (χ1v) is 5.98. The van der Waals surface area contributed by atoms with Crippen LogP contribution < -0.4 is 5.32 Å². The number of aromatic nitrogens is 2. The number of alkyl halides is 3. The molecule has 0 saturated heterocycles. The number of halogens is 3. The predicted octanol–water partition coefficient (Wildman–Crippen LogP) is 3.05. The van der Waals surface area contributed by atoms with Gasteiger partial charge in [0, 0.05) is 7.05 Å². The van der Waals surface area contributed by atoms with Crippen LogP contribution in [0.4, 0.5) is 13.2 Å². The normalized spacial score (nSPS) is 10.4. The van der Waals surface area contributed by atoms with E-state index < -0.39 is 17.8 Å². The van der Waals surface area contributed by atoms with Gasteiger partial charge in [-0.05, 0) is 0 Å². The summed E-state index contributed by atoms with van der Waals surface area (Å²) in [6.45, 7) is 4.42. The summed E-state index contributed by atoms with van der Waals surface area (Å²) in [5.41, 5.74) is -1.27. The maximum absolute atomic E-state index is 12.0. The van der Waals surface area contributed by atoms with Crippen LogP contribution in [0.2, 0.25) is 0 Å². The van der Waals surface area contributed by atoms with Crippen molar-refractivity contribution in [3.8, 4) is 0 Å². The first-order chi connectivity index (χ1) is 8.86. The molecule has 19 heavy (non-hydrogen) atoms. The number of nitrogens with one attached hydrogen (secondary N) is 1. The first kappa shape index (κ1) is 17.3. The van der Waals surface area contributed by atoms with E-state index in [-0.39, 0.29) is 5.69 Å². The average Bonchev–Trinajstić information content (AvgIpc) is 2.38. The number of amides is 1. The molecule has 0 saturated carbocycles. The maximum Gasteiger partial charge on any atom is 0.434 e. The second kappa shape index (κ2) is 8.44. The molecule has 108 valence electrons. The van der Waals surface area contributed by atoms with Crippen molar-refractivity contribution in [1.29, 1.82) is 0 Å². The molecule has 1 N–H and O–H groups in total. The summed E-state index contributed by atoms with van der Waals surface area (Å²) in [5.74, 6) is -0.578. The van der Waals surface area contributed by atoms with Gasteiger partial charge in [-0.25, -0.2) is 9.97 Å². The molecule has 1 rings (SSSR count). The molecule has 1 aromatic heterocycles. The molecule has 1 aromatic rings. The molecule has 0 aliphatic rings. The molecule has 0 spiro atoms. The third-order valence-corrected chi connectivity index (χ3v) is 2.11. The Kier molecular flexibility index (Phi) is 7.71. The molecular formula is C12H18F3N3O. The topological polar surface area (TPSA) is 54.9 Å². The van der Waals surface area contributed by atoms with Gasteiger partial charge in [0.1, 0.15) is 5.69 Å². The molecule has 0 atom stereocenters. The van der Waals surface area contributed by atoms with E-state index in [2.05, 4.69) is 29.1 Å². The Balaban J connectivity index is 0.000000555. The molecule has 7 heteroatoms. The maximum atomic E-state index is 12.0. The molecule has 0 bridgehead atoms. The minimum absolute atomic E-state index is 0.152. The van der Waals surface area contributed by atoms with Crippen molar-refractivity contribution in [1.82, 2.24) is 15.3 Å². The van der Waals surface area contributed by atoms with E-state index in [0.717, 1.165) is 6.20 Å². The lowest BCUT2D eigenvalue weighted by atomic mass is 10.3. The zero-order chi connectivity index (χ0) is 14.9. The minimum atomic E-state index is -4.53. The summed E-state index contributed by atoms with van der Waals surface area (Å²) in [5, 5.41) is 2.22. The number of rotatable bonds is 3. The Morgan fingerprint density at radius 2 is 1.79 bits per heavy atom. The van der Waals surface area contributed by atoms with E-state index in [1.807, 2.05) is 0 Å². The third-order valence-electron chi connectivity index (χ3n) is 2.11. The molecule has 4 nitrogen and oxygen atoms in total. The van der Waals surface area contributed by atoms with E-state index in [0.29, 0.717) is 6.20 Å². The second-order valence-electron chi connectivity index (χ2n) is 3.72. The standard InChI is InChI=1S/C7H6F3N3O.C5H12/c1-11-6(14)4-2-13-5(3-12-4)7(8,9)10;1-3-5-4-2/h2-3H,1H3,(H,11,14);3-5H2,1-2H3. The van der Waals surface area contributed by atoms with Crippen LogP contribution in [0.15, 0.2) is 12.4 Å². The molecule has 0 radical (unpaired) electrons. The van der Waals surface area contributed by atoms with Gasteiger partial charge in [-0.1, -0.05) is 33.1 Å². The Bertz CT molecular complexity index is 375. The molecule has 0 aliphatic carbocycles. The summed E-state index contributed by atoms with van der Waals surface area (Å²) in [4.78, 5) is 17.3. The molecule has 0 unspecified atom stereocenters. The number of nitrogens with zero attached hydrogens (tertiary/aromatic N) is 2. The van der Waals surface area contributed by atoms with Gasteiger partial charge in [-0.3, -0.25) is 4.79 Å². The molecule has 0 fully saturated rings. The number of hydrogen-bond acceptors (Lipinski definition) is 3. The summed E-state index contributed by atoms with van der Waals surface area (Å²) >= 11 is 0. The zero-order valence-electron chi connectivity index (χ0n) is 11.2. The van der Waals surface area contributed by atoms with Gasteiger partial charge in [0.15, 0.2) is 5.69 Å². The van der Waals surface area contributed by atoms with Gasteiger partial charge in [0.25, 0.3) is 5.91 Å². The number of hydrogen-bond donors (Lipinski definition) is 1. The molecule has 1 heterocycles. The summed E-state index contributed by atoms with van der Waals surface area (Å²) < 4.78 is 36.0. The van der Waals surface area contributed by atoms with Crippen LogP contribution in [0.5, 0.6) is 0 Å². The van der Waals surface area contributed by atoms with Crippen molar-refractivity contribution in [2.24, 2.45) is 0 Å². The monoisotopic (exact) mass is 277 g/mol. The highest BCUT2D eigenvalue weighted by Crippen LogP contribution is 2.26. The Hall–Kier alpha value is -1.66. The molecule has 0 aliphatic heterocycles. The number of unbranched alkanes of at least 4 members (excludes halogenated alkanes) is 2. The van der Waals surface area contributed by atoms with Gasteiger partial charge < -0.3 is 5.32 Å². The lowest BCUT2D eigenvalue weighted by Gasteiger charge is -2.04. The van der Waals surface area contributed by atoms with Crippen LogP contribution in [0.3, 0.4) is 0 Å². The average molecular weight is 277 g/mol. The van der Waals surface area contributed by atoms with E-state index >= 15 is 0 Å². The van der Waals surface area contributed by atoms with E-state index in [9.17, 15) is 18.0 Å². The SMILES string of the molecule is CCCCC.CNC(=O)c1cnc(C(F)(F)F)cn1. The fourth-order valence-electron chi connectivity index (χ4n) is 1.07. The van der Waals surface area contributed by atoms with Gasteiger partial charge >= 0.3 is 6.18 Å². The largest absolute Gasteiger partial charge is 0.434 e. The van der Waals surface area contributed by atoms with Crippen molar-refractivity contribution in [3.63, 3.8) is 0 Å². The highest BCUT2D eigenvalue weighted by Gasteiger charge is 2.32. The van der Waals surface area contributed by atoms with Crippen LogP contribution >= 0.6 is 0 Å². The van der Waals surface area contributed by atoms with Crippen molar-refractivity contribution >= 4 is 5.91 Å². The Labute approximate surface area is 110 Å². The van der Waals surface area contributed by atoms with Crippen LogP contribution in [-0.4, -0.2) is 22.9 Å². The molecule has 1 amide bonds. The third kappa shape index (κ3) is 6.73. The smallest absolute Gasteiger partial charge is 0.354 e. The van der Waals surface area contributed by atoms with Gasteiger partial charge in [-0.2, -0.15) is 13.2 Å². The Morgan fingerprint density at radius 3 is 2.05 bits per heavy atom. The lowest BCUT2D eigenvalue weighted by Crippen LogP contribution is -2.20. The van der Waals surface area contributed by atoms with Crippen molar-refractivity contribution in [2.75, 3.05) is 7.05 Å². The lowest BCUT2D eigenvalue weighted by molar-refractivity contribution is -0.141. The van der Waals surface area contributed by atoms with Crippen LogP contribution in [0.1, 0.15) is 49.3 Å². The van der Waals surface area contributed by atoms with Crippen LogP contribution in [0.25, 0.3) is 0 Å². The van der Waals surface area contributed by atoms with Crippen molar-refractivity contribution in [2.45, 2.75) is 39.3 Å². The minimum Gasteiger partial charge on any atom is -0.354 e. The van der Waals surface area contributed by atoms with Gasteiger partial charge in [0.2, 0.25) is 0 Å². The zero-order valence-corrected chi connectivity index (χ0v) is 11.2. The predicted molar refractivity (Wildman–Crippen MR) is 65.6 cm³/mol. The second-order valence-corrected chi connectivity index (χ2v) is 3.72. The highest BCUT2D eigenvalue weighted by atomic mass is 19.4. The Morgan fingerprint density at radius 1 is 1.21 bits per heavy atom. The highest BCUT2D eigenvalue weighted by molar-refractivity contribution is 5.91. The number of carbonyl (C=O) groups is 1. The van der Waals surface area contributed by atoms with E-state index in [1.165, 1.54) is 26.3 Å². The fourth-order valence-corrected chi connectivity index (χ4v) is 1.07. The van der Waals surface area contributed by atoms with E-state index in [4.69, 9.17) is 0 Å². The summed E-state index contributed by atoms with van der Waals surface area (Å²) in [7, 11) is 1.35. The quantitative estimate of drug-likeness (QED) is 0.923. The molecular weight excluding hydrogens is 259 g/mol. The van der Waals surface area contributed by atoms with Gasteiger partial charge in [0.05, 0.1) is 12.4 Å². The summed E-state index contributed by atoms with van der Waals surface area (Å²) in [6, 6.07) is 0. The first-order valence-electron chi connectivity index (χ1n) is 5.98. The van der Waals surface area contributed by atoms with E-state index in [1.54, 1.807) is 0 Å². The summed E-state index contributed by atoms with van der Waals surface area (Å²) in [6.07, 6.45) is 0.841. The van der Waals surface area contributed by atoms with Crippen molar-refractivity contribution in [3.05, 3.63) is 23.8 Å². The van der Waals surface area contributed by atoms with Crippen LogP contribution in [-0.2, 0) is 6.18 Å². The van der Waals surface area contributed by atoms with Crippen LogP contribution in [0, 0.1) is 0 Å². The van der Waals surface area contributed by atoms with Gasteiger partial charge in [-0.15, -0.1) is 0 Å². The fraction of sp³-hybridized carbons (Fsp3) is 0.583.